The lowest BCUT2D eigenvalue weighted by molar-refractivity contribution is -0.143. The molecule has 15 heavy (non-hydrogen) atoms. The van der Waals surface area contributed by atoms with Gasteiger partial charge in [0, 0.05) is 5.57 Å². The highest BCUT2D eigenvalue weighted by molar-refractivity contribution is 14.1. The highest BCUT2D eigenvalue weighted by Gasteiger charge is 2.29. The molecule has 0 N–H and O–H groups in total. The first-order valence-electron chi connectivity index (χ1n) is 5.03. The van der Waals surface area contributed by atoms with E-state index in [9.17, 15) is 4.79 Å². The van der Waals surface area contributed by atoms with Gasteiger partial charge in [-0.15, -0.1) is 0 Å². The summed E-state index contributed by atoms with van der Waals surface area (Å²) in [7, 11) is 0. The average molecular weight is 320 g/mol. The SMILES string of the molecule is C=C(C)C(=O)OC1C=C(I)CC(C)(C)C1. The number of carbonyl (C=O) groups is 1. The maximum absolute atomic E-state index is 11.4. The number of halogens is 1. The minimum Gasteiger partial charge on any atom is -0.455 e. The van der Waals surface area contributed by atoms with E-state index in [1.807, 2.05) is 6.08 Å². The zero-order valence-electron chi connectivity index (χ0n) is 9.47. The zero-order valence-corrected chi connectivity index (χ0v) is 11.6. The van der Waals surface area contributed by atoms with E-state index in [-0.39, 0.29) is 17.5 Å². The number of rotatable bonds is 2. The molecule has 1 rings (SSSR count). The first kappa shape index (κ1) is 12.7. The minimum absolute atomic E-state index is 0.0927. The summed E-state index contributed by atoms with van der Waals surface area (Å²) in [6.07, 6.45) is 3.89. The smallest absolute Gasteiger partial charge is 0.333 e. The maximum Gasteiger partial charge on any atom is 0.333 e. The van der Waals surface area contributed by atoms with E-state index in [2.05, 4.69) is 43.0 Å². The molecule has 84 valence electrons. The number of hydrogen-bond acceptors (Lipinski definition) is 2. The molecular formula is C12H17IO2. The van der Waals surface area contributed by atoms with E-state index in [1.165, 1.54) is 3.58 Å². The second-order valence-corrected chi connectivity index (χ2v) is 6.27. The third-order valence-electron chi connectivity index (χ3n) is 2.37. The van der Waals surface area contributed by atoms with Crippen molar-refractivity contribution in [3.63, 3.8) is 0 Å². The number of ether oxygens (including phenoxy) is 1. The van der Waals surface area contributed by atoms with Crippen LogP contribution < -0.4 is 0 Å². The summed E-state index contributed by atoms with van der Waals surface area (Å²) < 4.78 is 6.61. The van der Waals surface area contributed by atoms with Gasteiger partial charge in [-0.2, -0.15) is 0 Å². The molecule has 0 saturated carbocycles. The lowest BCUT2D eigenvalue weighted by Gasteiger charge is -2.32. The van der Waals surface area contributed by atoms with Gasteiger partial charge in [-0.25, -0.2) is 4.79 Å². The van der Waals surface area contributed by atoms with Crippen LogP contribution in [0.15, 0.2) is 21.8 Å². The molecule has 1 unspecified atom stereocenters. The highest BCUT2D eigenvalue weighted by atomic mass is 127. The molecule has 0 radical (unpaired) electrons. The molecule has 3 heteroatoms. The summed E-state index contributed by atoms with van der Waals surface area (Å²) in [5.41, 5.74) is 0.674. The molecule has 1 aliphatic carbocycles. The summed E-state index contributed by atoms with van der Waals surface area (Å²) in [5, 5.41) is 0. The Balaban J connectivity index is 2.68. The van der Waals surface area contributed by atoms with Crippen LogP contribution in [0, 0.1) is 5.41 Å². The zero-order chi connectivity index (χ0) is 11.6. The molecule has 0 fully saturated rings. The fourth-order valence-electron chi connectivity index (χ4n) is 1.71. The summed E-state index contributed by atoms with van der Waals surface area (Å²) >= 11 is 2.31. The molecular weight excluding hydrogens is 303 g/mol. The summed E-state index contributed by atoms with van der Waals surface area (Å²) in [6.45, 7) is 9.64. The Morgan fingerprint density at radius 3 is 2.73 bits per heavy atom. The van der Waals surface area contributed by atoms with Crippen LogP contribution in [-0.4, -0.2) is 12.1 Å². The number of carbonyl (C=O) groups excluding carboxylic acids is 1. The first-order chi connectivity index (χ1) is 6.80. The molecule has 0 aromatic rings. The predicted molar refractivity (Wildman–Crippen MR) is 69.8 cm³/mol. The molecule has 2 nitrogen and oxygen atoms in total. The van der Waals surface area contributed by atoms with Crippen molar-refractivity contribution in [3.05, 3.63) is 21.8 Å². The third-order valence-corrected chi connectivity index (χ3v) is 3.12. The van der Waals surface area contributed by atoms with E-state index < -0.39 is 0 Å². The van der Waals surface area contributed by atoms with Crippen LogP contribution in [-0.2, 0) is 9.53 Å². The van der Waals surface area contributed by atoms with Crippen molar-refractivity contribution in [2.24, 2.45) is 5.41 Å². The molecule has 0 aromatic heterocycles. The van der Waals surface area contributed by atoms with E-state index >= 15 is 0 Å². The second kappa shape index (κ2) is 4.68. The van der Waals surface area contributed by atoms with E-state index in [0.717, 1.165) is 12.8 Å². The van der Waals surface area contributed by atoms with E-state index in [0.29, 0.717) is 5.57 Å². The number of hydrogen-bond donors (Lipinski definition) is 0. The van der Waals surface area contributed by atoms with Gasteiger partial charge in [0.15, 0.2) is 0 Å². The standard InChI is InChI=1S/C12H17IO2/c1-8(2)11(14)15-10-5-9(13)6-12(3,4)7-10/h5,10H,1,6-7H2,2-4H3. The van der Waals surface area contributed by atoms with Gasteiger partial charge in [0.2, 0.25) is 0 Å². The third kappa shape index (κ3) is 3.97. The van der Waals surface area contributed by atoms with Crippen molar-refractivity contribution in [1.29, 1.82) is 0 Å². The van der Waals surface area contributed by atoms with Crippen LogP contribution in [0.3, 0.4) is 0 Å². The van der Waals surface area contributed by atoms with Gasteiger partial charge < -0.3 is 4.74 Å². The van der Waals surface area contributed by atoms with Gasteiger partial charge in [-0.3, -0.25) is 0 Å². The lowest BCUT2D eigenvalue weighted by atomic mass is 9.80. The summed E-state index contributed by atoms with van der Waals surface area (Å²) in [5.74, 6) is -0.293. The Kier molecular flexibility index (Phi) is 3.98. The van der Waals surface area contributed by atoms with Crippen LogP contribution in [0.5, 0.6) is 0 Å². The normalized spacial score (nSPS) is 24.3. The average Bonchev–Trinajstić information content (AvgIpc) is 1.99. The molecule has 0 aliphatic heterocycles. The van der Waals surface area contributed by atoms with Crippen LogP contribution in [0.4, 0.5) is 0 Å². The summed E-state index contributed by atoms with van der Waals surface area (Å²) in [4.78, 5) is 11.4. The quantitative estimate of drug-likeness (QED) is 0.441. The minimum atomic E-state index is -0.293. The molecule has 0 saturated heterocycles. The predicted octanol–water partition coefficient (Wildman–Crippen LogP) is 3.61. The van der Waals surface area contributed by atoms with E-state index in [4.69, 9.17) is 4.74 Å². The fourth-order valence-corrected chi connectivity index (χ4v) is 3.14. The molecule has 0 bridgehead atoms. The lowest BCUT2D eigenvalue weighted by Crippen LogP contribution is -2.28. The van der Waals surface area contributed by atoms with Gasteiger partial charge >= 0.3 is 5.97 Å². The van der Waals surface area contributed by atoms with E-state index in [1.54, 1.807) is 6.92 Å². The molecule has 0 amide bonds. The monoisotopic (exact) mass is 320 g/mol. The van der Waals surface area contributed by atoms with Crippen molar-refractivity contribution >= 4 is 28.6 Å². The van der Waals surface area contributed by atoms with Gasteiger partial charge in [0.05, 0.1) is 0 Å². The Bertz CT molecular complexity index is 316. The van der Waals surface area contributed by atoms with Crippen molar-refractivity contribution in [1.82, 2.24) is 0 Å². The summed E-state index contributed by atoms with van der Waals surface area (Å²) in [6, 6.07) is 0. The van der Waals surface area contributed by atoms with Gasteiger partial charge in [-0.1, -0.05) is 20.4 Å². The Hall–Kier alpha value is -0.320. The number of esters is 1. The van der Waals surface area contributed by atoms with Crippen LogP contribution in [0.25, 0.3) is 0 Å². The Morgan fingerprint density at radius 1 is 1.67 bits per heavy atom. The topological polar surface area (TPSA) is 26.3 Å². The maximum atomic E-state index is 11.4. The number of allylic oxidation sites excluding steroid dienone is 1. The van der Waals surface area contributed by atoms with Crippen LogP contribution in [0.1, 0.15) is 33.6 Å². The molecule has 0 heterocycles. The molecule has 0 spiro atoms. The van der Waals surface area contributed by atoms with Crippen LogP contribution >= 0.6 is 22.6 Å². The fraction of sp³-hybridized carbons (Fsp3) is 0.583. The van der Waals surface area contributed by atoms with Gasteiger partial charge in [0.25, 0.3) is 0 Å². The van der Waals surface area contributed by atoms with Crippen molar-refractivity contribution < 1.29 is 9.53 Å². The van der Waals surface area contributed by atoms with Crippen molar-refractivity contribution in [3.8, 4) is 0 Å². The van der Waals surface area contributed by atoms with Gasteiger partial charge in [-0.05, 0) is 57.4 Å². The molecule has 0 aromatic carbocycles. The first-order valence-corrected chi connectivity index (χ1v) is 6.11. The molecule has 1 aliphatic rings. The Labute approximate surface area is 105 Å². The largest absolute Gasteiger partial charge is 0.455 e. The van der Waals surface area contributed by atoms with Crippen LogP contribution in [0.2, 0.25) is 0 Å². The molecule has 1 atom stereocenters. The highest BCUT2D eigenvalue weighted by Crippen LogP contribution is 2.38. The van der Waals surface area contributed by atoms with Crippen molar-refractivity contribution in [2.75, 3.05) is 0 Å². The Morgan fingerprint density at radius 2 is 2.27 bits per heavy atom. The van der Waals surface area contributed by atoms with Crippen molar-refractivity contribution in [2.45, 2.75) is 39.7 Å². The van der Waals surface area contributed by atoms with Gasteiger partial charge in [0.1, 0.15) is 6.10 Å². The second-order valence-electron chi connectivity index (χ2n) is 4.88.